The zero-order valence-corrected chi connectivity index (χ0v) is 15.6. The summed E-state index contributed by atoms with van der Waals surface area (Å²) in [7, 11) is 0. The van der Waals surface area contributed by atoms with Crippen LogP contribution in [-0.2, 0) is 10.2 Å². The van der Waals surface area contributed by atoms with Crippen LogP contribution >= 0.6 is 0 Å². The zero-order valence-electron chi connectivity index (χ0n) is 15.6. The van der Waals surface area contributed by atoms with Crippen molar-refractivity contribution >= 4 is 12.1 Å². The largest absolute Gasteiger partial charge is 0.483 e. The van der Waals surface area contributed by atoms with Gasteiger partial charge in [-0.1, -0.05) is 57.2 Å². The number of aryl methyl sites for hydroxylation is 2. The number of hydrogen-bond donors (Lipinski definition) is 1. The van der Waals surface area contributed by atoms with Crippen LogP contribution in [0.4, 0.5) is 0 Å². The minimum atomic E-state index is -0.288. The lowest BCUT2D eigenvalue weighted by Crippen LogP contribution is -2.24. The molecule has 0 unspecified atom stereocenters. The Morgan fingerprint density at radius 3 is 2.44 bits per heavy atom. The van der Waals surface area contributed by atoms with E-state index in [-0.39, 0.29) is 17.9 Å². The van der Waals surface area contributed by atoms with E-state index in [4.69, 9.17) is 4.74 Å². The van der Waals surface area contributed by atoms with Gasteiger partial charge in [0, 0.05) is 0 Å². The van der Waals surface area contributed by atoms with Gasteiger partial charge in [-0.25, -0.2) is 5.43 Å². The van der Waals surface area contributed by atoms with Crippen LogP contribution in [0.3, 0.4) is 0 Å². The van der Waals surface area contributed by atoms with Gasteiger partial charge in [-0.05, 0) is 47.6 Å². The molecule has 0 aliphatic carbocycles. The molecular formula is C21H26N2O2. The van der Waals surface area contributed by atoms with Crippen LogP contribution in [-0.4, -0.2) is 18.7 Å². The predicted octanol–water partition coefficient (Wildman–Crippen LogP) is 4.13. The zero-order chi connectivity index (χ0) is 18.4. The molecule has 0 saturated heterocycles. The maximum atomic E-state index is 11.8. The van der Waals surface area contributed by atoms with Gasteiger partial charge in [-0.2, -0.15) is 5.10 Å². The Morgan fingerprint density at radius 2 is 1.80 bits per heavy atom. The number of hydrogen-bond acceptors (Lipinski definition) is 3. The van der Waals surface area contributed by atoms with E-state index in [1.165, 1.54) is 5.56 Å². The molecule has 0 aliphatic rings. The molecule has 2 aromatic rings. The average Bonchev–Trinajstić information content (AvgIpc) is 2.55. The Labute approximate surface area is 149 Å². The molecule has 1 N–H and O–H groups in total. The van der Waals surface area contributed by atoms with Crippen molar-refractivity contribution in [2.75, 3.05) is 6.61 Å². The molecule has 4 nitrogen and oxygen atoms in total. The Kier molecular flexibility index (Phi) is 5.97. The molecule has 0 bridgehead atoms. The van der Waals surface area contributed by atoms with Crippen LogP contribution < -0.4 is 10.2 Å². The molecule has 0 radical (unpaired) electrons. The van der Waals surface area contributed by atoms with Crippen molar-refractivity contribution in [3.05, 3.63) is 64.7 Å². The van der Waals surface area contributed by atoms with E-state index < -0.39 is 0 Å². The molecule has 0 atom stereocenters. The molecular weight excluding hydrogens is 312 g/mol. The maximum absolute atomic E-state index is 11.8. The lowest BCUT2D eigenvalue weighted by molar-refractivity contribution is -0.123. The normalized spacial score (nSPS) is 11.6. The fourth-order valence-corrected chi connectivity index (χ4v) is 2.29. The van der Waals surface area contributed by atoms with Crippen LogP contribution in [0.25, 0.3) is 0 Å². The summed E-state index contributed by atoms with van der Waals surface area (Å²) in [4.78, 5) is 11.8. The van der Waals surface area contributed by atoms with E-state index in [0.29, 0.717) is 0 Å². The summed E-state index contributed by atoms with van der Waals surface area (Å²) in [6.45, 7) is 10.4. The van der Waals surface area contributed by atoms with Crippen LogP contribution in [0.2, 0.25) is 0 Å². The molecule has 0 aliphatic heterocycles. The summed E-state index contributed by atoms with van der Waals surface area (Å²) >= 11 is 0. The minimum Gasteiger partial charge on any atom is -0.483 e. The number of nitrogens with one attached hydrogen (secondary N) is 1. The van der Waals surface area contributed by atoms with E-state index >= 15 is 0 Å². The molecule has 2 aromatic carbocycles. The predicted molar refractivity (Wildman–Crippen MR) is 102 cm³/mol. The van der Waals surface area contributed by atoms with Gasteiger partial charge in [-0.15, -0.1) is 0 Å². The molecule has 0 aromatic heterocycles. The highest BCUT2D eigenvalue weighted by molar-refractivity contribution is 5.83. The second-order valence-electron chi connectivity index (χ2n) is 7.22. The molecule has 0 spiro atoms. The lowest BCUT2D eigenvalue weighted by atomic mass is 9.87. The molecule has 0 saturated carbocycles. The van der Waals surface area contributed by atoms with Crippen LogP contribution in [0.5, 0.6) is 5.75 Å². The van der Waals surface area contributed by atoms with Crippen LogP contribution in [0.1, 0.15) is 43.0 Å². The summed E-state index contributed by atoms with van der Waals surface area (Å²) in [5, 5.41) is 3.98. The minimum absolute atomic E-state index is 0.0649. The fraction of sp³-hybridized carbons (Fsp3) is 0.333. The van der Waals surface area contributed by atoms with Crippen molar-refractivity contribution in [1.29, 1.82) is 0 Å². The van der Waals surface area contributed by atoms with Crippen molar-refractivity contribution in [2.24, 2.45) is 5.10 Å². The van der Waals surface area contributed by atoms with Gasteiger partial charge >= 0.3 is 0 Å². The first-order chi connectivity index (χ1) is 11.8. The Morgan fingerprint density at radius 1 is 1.12 bits per heavy atom. The third-order valence-corrected chi connectivity index (χ3v) is 3.88. The molecule has 2 rings (SSSR count). The lowest BCUT2D eigenvalue weighted by Gasteiger charge is -2.18. The smallest absolute Gasteiger partial charge is 0.277 e. The summed E-state index contributed by atoms with van der Waals surface area (Å²) in [6, 6.07) is 14.0. The summed E-state index contributed by atoms with van der Waals surface area (Å²) in [6.07, 6.45) is 1.63. The number of carbonyl (C=O) groups is 1. The molecule has 132 valence electrons. The van der Waals surface area contributed by atoms with Crippen molar-refractivity contribution in [1.82, 2.24) is 5.43 Å². The van der Waals surface area contributed by atoms with Gasteiger partial charge in [0.05, 0.1) is 6.21 Å². The number of hydrazone groups is 1. The first-order valence-corrected chi connectivity index (χ1v) is 8.38. The number of nitrogens with zero attached hydrogens (tertiary/aromatic N) is 1. The number of benzene rings is 2. The maximum Gasteiger partial charge on any atom is 0.277 e. The monoisotopic (exact) mass is 338 g/mol. The highest BCUT2D eigenvalue weighted by Gasteiger charge is 2.12. The van der Waals surface area contributed by atoms with Gasteiger partial charge in [-0.3, -0.25) is 4.79 Å². The number of rotatable bonds is 5. The molecule has 0 fully saturated rings. The second kappa shape index (κ2) is 7.97. The standard InChI is InChI=1S/C21H26N2O2/c1-15-6-7-16(2)19(12-15)25-14-20(24)23-22-13-17-8-10-18(11-9-17)21(3,4)5/h6-13H,14H2,1-5H3,(H,23,24)/b22-13+. The molecule has 0 heterocycles. The Hall–Kier alpha value is -2.62. The van der Waals surface area contributed by atoms with E-state index in [1.54, 1.807) is 6.21 Å². The highest BCUT2D eigenvalue weighted by Crippen LogP contribution is 2.21. The molecule has 25 heavy (non-hydrogen) atoms. The summed E-state index contributed by atoms with van der Waals surface area (Å²) in [5.41, 5.74) is 6.90. The highest BCUT2D eigenvalue weighted by atomic mass is 16.5. The van der Waals surface area contributed by atoms with Crippen molar-refractivity contribution in [2.45, 2.75) is 40.0 Å². The van der Waals surface area contributed by atoms with Crippen molar-refractivity contribution in [3.8, 4) is 5.75 Å². The van der Waals surface area contributed by atoms with Gasteiger partial charge in [0.25, 0.3) is 5.91 Å². The Balaban J connectivity index is 1.85. The second-order valence-corrected chi connectivity index (χ2v) is 7.22. The first kappa shape index (κ1) is 18.7. The number of carbonyl (C=O) groups excluding carboxylic acids is 1. The quantitative estimate of drug-likeness (QED) is 0.658. The van der Waals surface area contributed by atoms with Gasteiger partial charge < -0.3 is 4.74 Å². The van der Waals surface area contributed by atoms with Crippen molar-refractivity contribution < 1.29 is 9.53 Å². The van der Waals surface area contributed by atoms with E-state index in [1.807, 2.05) is 44.2 Å². The summed E-state index contributed by atoms with van der Waals surface area (Å²) in [5.74, 6) is 0.431. The van der Waals surface area contributed by atoms with Crippen LogP contribution in [0.15, 0.2) is 47.6 Å². The topological polar surface area (TPSA) is 50.7 Å². The third kappa shape index (κ3) is 5.75. The molecule has 1 amide bonds. The number of ether oxygens (including phenoxy) is 1. The Bertz CT molecular complexity index is 756. The van der Waals surface area contributed by atoms with E-state index in [9.17, 15) is 4.79 Å². The van der Waals surface area contributed by atoms with Crippen LogP contribution in [0, 0.1) is 13.8 Å². The van der Waals surface area contributed by atoms with Gasteiger partial charge in [0.15, 0.2) is 6.61 Å². The first-order valence-electron chi connectivity index (χ1n) is 8.38. The van der Waals surface area contributed by atoms with Gasteiger partial charge in [0.1, 0.15) is 5.75 Å². The SMILES string of the molecule is Cc1ccc(C)c(OCC(=O)N/N=C/c2ccc(C(C)(C)C)cc2)c1. The van der Waals surface area contributed by atoms with E-state index in [2.05, 4.69) is 43.4 Å². The fourth-order valence-electron chi connectivity index (χ4n) is 2.29. The molecule has 4 heteroatoms. The van der Waals surface area contributed by atoms with Gasteiger partial charge in [0.2, 0.25) is 0 Å². The van der Waals surface area contributed by atoms with E-state index in [0.717, 1.165) is 22.4 Å². The van der Waals surface area contributed by atoms with Crippen molar-refractivity contribution in [3.63, 3.8) is 0 Å². The summed E-state index contributed by atoms with van der Waals surface area (Å²) < 4.78 is 5.55. The average molecular weight is 338 g/mol. The number of amides is 1. The third-order valence-electron chi connectivity index (χ3n) is 3.88.